The maximum absolute atomic E-state index is 12.5. The average molecular weight is 360 g/mol. The van der Waals surface area contributed by atoms with Gasteiger partial charge in [-0.25, -0.2) is 4.98 Å². The number of nitrogens with one attached hydrogen (secondary N) is 1. The molecular weight excluding hydrogens is 336 g/mol. The summed E-state index contributed by atoms with van der Waals surface area (Å²) in [6, 6.07) is 7.68. The van der Waals surface area contributed by atoms with E-state index in [1.165, 1.54) is 16.7 Å². The first kappa shape index (κ1) is 19.1. The molecule has 0 radical (unpaired) electrons. The monoisotopic (exact) mass is 360 g/mol. The van der Waals surface area contributed by atoms with E-state index in [1.807, 2.05) is 55.9 Å². The largest absolute Gasteiger partial charge is 0.335 e. The Morgan fingerprint density at radius 3 is 2.72 bits per heavy atom. The number of amides is 2. The Morgan fingerprint density at radius 2 is 2.08 bits per heavy atom. The highest BCUT2D eigenvalue weighted by molar-refractivity contribution is 8.00. The quantitative estimate of drug-likeness (QED) is 0.771. The number of hydrogen-bond acceptors (Lipinski definition) is 4. The number of imidazole rings is 1. The number of aromatic nitrogens is 2. The third kappa shape index (κ3) is 5.09. The smallest absolute Gasteiger partial charge is 0.243 e. The SMILES string of the molecule is CCc1ccccc1NC(=O)CN(C)C(=O)C(C)Sc1nccn1C. The molecule has 0 spiro atoms. The number of thioether (sulfide) groups is 1. The van der Waals surface area contributed by atoms with Crippen LogP contribution in [-0.2, 0) is 23.1 Å². The molecule has 25 heavy (non-hydrogen) atoms. The lowest BCUT2D eigenvalue weighted by Gasteiger charge is -2.21. The zero-order chi connectivity index (χ0) is 18.4. The Hall–Kier alpha value is -2.28. The number of carbonyl (C=O) groups is 2. The Morgan fingerprint density at radius 1 is 1.36 bits per heavy atom. The van der Waals surface area contributed by atoms with Gasteiger partial charge in [-0.1, -0.05) is 36.9 Å². The van der Waals surface area contributed by atoms with Gasteiger partial charge in [-0.05, 0) is 25.0 Å². The predicted octanol–water partition coefficient (Wildman–Crippen LogP) is 2.56. The van der Waals surface area contributed by atoms with E-state index in [2.05, 4.69) is 10.3 Å². The molecule has 2 rings (SSSR count). The van der Waals surface area contributed by atoms with Crippen LogP contribution in [0.25, 0.3) is 0 Å². The van der Waals surface area contributed by atoms with E-state index in [9.17, 15) is 9.59 Å². The average Bonchev–Trinajstić information content (AvgIpc) is 2.99. The van der Waals surface area contributed by atoms with Crippen LogP contribution in [0, 0.1) is 0 Å². The lowest BCUT2D eigenvalue weighted by molar-refractivity contribution is -0.132. The van der Waals surface area contributed by atoms with Crippen molar-refractivity contribution < 1.29 is 9.59 Å². The maximum Gasteiger partial charge on any atom is 0.243 e. The Balaban J connectivity index is 1.91. The molecule has 1 aromatic carbocycles. The third-order valence-corrected chi connectivity index (χ3v) is 5.00. The number of rotatable bonds is 7. The van der Waals surface area contributed by atoms with Crippen LogP contribution in [-0.4, -0.2) is 45.1 Å². The first-order valence-electron chi connectivity index (χ1n) is 8.19. The molecule has 0 aliphatic rings. The summed E-state index contributed by atoms with van der Waals surface area (Å²) in [6.45, 7) is 3.88. The van der Waals surface area contributed by atoms with Crippen molar-refractivity contribution in [1.29, 1.82) is 0 Å². The molecule has 0 aliphatic carbocycles. The summed E-state index contributed by atoms with van der Waals surface area (Å²) in [5.41, 5.74) is 1.87. The fraction of sp³-hybridized carbons (Fsp3) is 0.389. The summed E-state index contributed by atoms with van der Waals surface area (Å²) in [4.78, 5) is 30.4. The predicted molar refractivity (Wildman–Crippen MR) is 101 cm³/mol. The molecule has 134 valence electrons. The van der Waals surface area contributed by atoms with E-state index < -0.39 is 0 Å². The van der Waals surface area contributed by atoms with Crippen molar-refractivity contribution in [2.45, 2.75) is 30.7 Å². The minimum Gasteiger partial charge on any atom is -0.335 e. The molecule has 1 aromatic heterocycles. The summed E-state index contributed by atoms with van der Waals surface area (Å²) in [5.74, 6) is -0.308. The van der Waals surface area contributed by atoms with Crippen molar-refractivity contribution in [1.82, 2.24) is 14.5 Å². The van der Waals surface area contributed by atoms with Crippen molar-refractivity contribution in [3.63, 3.8) is 0 Å². The van der Waals surface area contributed by atoms with Crippen LogP contribution in [0.1, 0.15) is 19.4 Å². The number of hydrogen-bond donors (Lipinski definition) is 1. The molecule has 1 heterocycles. The Bertz CT molecular complexity index is 744. The maximum atomic E-state index is 12.5. The molecule has 0 aliphatic heterocycles. The minimum absolute atomic E-state index is 0.0162. The number of nitrogens with zero attached hydrogens (tertiary/aromatic N) is 3. The normalized spacial score (nSPS) is 11.8. The van der Waals surface area contributed by atoms with E-state index in [0.717, 1.165) is 22.8 Å². The van der Waals surface area contributed by atoms with Gasteiger partial charge in [0, 0.05) is 32.2 Å². The molecule has 6 nitrogen and oxygen atoms in total. The molecular formula is C18H24N4O2S. The van der Waals surface area contributed by atoms with E-state index in [-0.39, 0.29) is 23.6 Å². The van der Waals surface area contributed by atoms with E-state index in [0.29, 0.717) is 0 Å². The van der Waals surface area contributed by atoms with Crippen LogP contribution in [0.3, 0.4) is 0 Å². The molecule has 1 N–H and O–H groups in total. The second-order valence-corrected chi connectivity index (χ2v) is 7.14. The Labute approximate surface area is 152 Å². The summed E-state index contributed by atoms with van der Waals surface area (Å²) in [5, 5.41) is 3.34. The lowest BCUT2D eigenvalue weighted by atomic mass is 10.1. The minimum atomic E-state index is -0.318. The van der Waals surface area contributed by atoms with Gasteiger partial charge < -0.3 is 14.8 Å². The Kier molecular flexibility index (Phi) is 6.64. The summed E-state index contributed by atoms with van der Waals surface area (Å²) in [7, 11) is 3.53. The van der Waals surface area contributed by atoms with Gasteiger partial charge in [-0.3, -0.25) is 9.59 Å². The highest BCUT2D eigenvalue weighted by Crippen LogP contribution is 2.22. The van der Waals surface area contributed by atoms with Gasteiger partial charge in [-0.2, -0.15) is 0 Å². The molecule has 0 saturated heterocycles. The molecule has 1 unspecified atom stereocenters. The zero-order valence-corrected chi connectivity index (χ0v) is 15.8. The van der Waals surface area contributed by atoms with Gasteiger partial charge >= 0.3 is 0 Å². The first-order valence-corrected chi connectivity index (χ1v) is 9.07. The molecule has 1 atom stereocenters. The van der Waals surface area contributed by atoms with E-state index in [4.69, 9.17) is 0 Å². The first-order chi connectivity index (χ1) is 11.9. The summed E-state index contributed by atoms with van der Waals surface area (Å²) >= 11 is 1.38. The van der Waals surface area contributed by atoms with Gasteiger partial charge in [0.1, 0.15) is 0 Å². The second kappa shape index (κ2) is 8.71. The van der Waals surface area contributed by atoms with Crippen LogP contribution in [0.2, 0.25) is 0 Å². The van der Waals surface area contributed by atoms with Crippen molar-refractivity contribution in [2.75, 3.05) is 18.9 Å². The van der Waals surface area contributed by atoms with Crippen LogP contribution in [0.15, 0.2) is 41.8 Å². The molecule has 0 saturated carbocycles. The molecule has 7 heteroatoms. The van der Waals surface area contributed by atoms with Gasteiger partial charge in [0.25, 0.3) is 0 Å². The summed E-state index contributed by atoms with van der Waals surface area (Å²) < 4.78 is 1.86. The van der Waals surface area contributed by atoms with Crippen molar-refractivity contribution in [2.24, 2.45) is 7.05 Å². The summed E-state index contributed by atoms with van der Waals surface area (Å²) in [6.07, 6.45) is 4.37. The van der Waals surface area contributed by atoms with Gasteiger partial charge in [-0.15, -0.1) is 0 Å². The molecule has 0 bridgehead atoms. The van der Waals surface area contributed by atoms with Gasteiger partial charge in [0.2, 0.25) is 11.8 Å². The topological polar surface area (TPSA) is 67.2 Å². The number of carbonyl (C=O) groups excluding carboxylic acids is 2. The number of anilines is 1. The number of benzene rings is 1. The van der Waals surface area contributed by atoms with E-state index in [1.54, 1.807) is 13.2 Å². The highest BCUT2D eigenvalue weighted by Gasteiger charge is 2.22. The van der Waals surface area contributed by atoms with Crippen LogP contribution in [0.5, 0.6) is 0 Å². The second-order valence-electron chi connectivity index (χ2n) is 5.83. The lowest BCUT2D eigenvalue weighted by Crippen LogP contribution is -2.39. The van der Waals surface area contributed by atoms with Crippen molar-refractivity contribution in [3.05, 3.63) is 42.2 Å². The zero-order valence-electron chi connectivity index (χ0n) is 15.0. The third-order valence-electron chi connectivity index (χ3n) is 3.84. The van der Waals surface area contributed by atoms with Crippen LogP contribution >= 0.6 is 11.8 Å². The highest BCUT2D eigenvalue weighted by atomic mass is 32.2. The number of aryl methyl sites for hydroxylation is 2. The standard InChI is InChI=1S/C18H24N4O2S/c1-5-14-8-6-7-9-15(14)20-16(23)12-22(4)17(24)13(2)25-18-19-10-11-21(18)3/h6-11,13H,5,12H2,1-4H3,(H,20,23). The van der Waals surface area contributed by atoms with Gasteiger partial charge in [0.05, 0.1) is 11.8 Å². The number of para-hydroxylation sites is 1. The van der Waals surface area contributed by atoms with Crippen LogP contribution in [0.4, 0.5) is 5.69 Å². The molecule has 0 fully saturated rings. The number of likely N-dealkylation sites (N-methyl/N-ethyl adjacent to an activating group) is 1. The van der Waals surface area contributed by atoms with Crippen molar-refractivity contribution in [3.8, 4) is 0 Å². The molecule has 2 amide bonds. The molecule has 2 aromatic rings. The van der Waals surface area contributed by atoms with E-state index >= 15 is 0 Å². The fourth-order valence-corrected chi connectivity index (χ4v) is 3.36. The fourth-order valence-electron chi connectivity index (χ4n) is 2.42. The van der Waals surface area contributed by atoms with Gasteiger partial charge in [0.15, 0.2) is 5.16 Å². The van der Waals surface area contributed by atoms with Crippen molar-refractivity contribution >= 4 is 29.3 Å². The van der Waals surface area contributed by atoms with Crippen LogP contribution < -0.4 is 5.32 Å².